The molecule has 1 aromatic heterocycles. The molecule has 30 heavy (non-hydrogen) atoms. The molecule has 5 rings (SSSR count). The van der Waals surface area contributed by atoms with Gasteiger partial charge in [-0.15, -0.1) is 0 Å². The van der Waals surface area contributed by atoms with Crippen LogP contribution in [0.5, 0.6) is 5.75 Å². The fraction of sp³-hybridized carbons (Fsp3) is 0.391. The molecule has 0 saturated heterocycles. The molecule has 3 N–H and O–H groups in total. The molecular formula is C23H24Cl2N4O. The largest absolute Gasteiger partial charge is 0.495 e. The van der Waals surface area contributed by atoms with Crippen molar-refractivity contribution in [3.8, 4) is 16.9 Å². The number of aromatic nitrogens is 2. The summed E-state index contributed by atoms with van der Waals surface area (Å²) in [4.78, 5) is 9.24. The van der Waals surface area contributed by atoms with E-state index < -0.39 is 0 Å². The molecule has 0 radical (unpaired) electrons. The summed E-state index contributed by atoms with van der Waals surface area (Å²) in [5, 5.41) is 5.54. The Morgan fingerprint density at radius 1 is 1.20 bits per heavy atom. The highest BCUT2D eigenvalue weighted by Crippen LogP contribution is 2.52. The Balaban J connectivity index is 1.50. The molecule has 2 aliphatic rings. The minimum atomic E-state index is 0.181. The number of fused-ring (bicyclic) bond motifs is 2. The number of anilines is 1. The Morgan fingerprint density at radius 3 is 2.73 bits per heavy atom. The normalized spacial score (nSPS) is 24.7. The molecular weight excluding hydrogens is 419 g/mol. The number of methoxy groups -OCH3 is 1. The first-order valence-corrected chi connectivity index (χ1v) is 11.1. The van der Waals surface area contributed by atoms with Crippen molar-refractivity contribution in [2.45, 2.75) is 38.3 Å². The zero-order chi connectivity index (χ0) is 21.0. The second kappa shape index (κ2) is 7.56. The Hall–Kier alpha value is -2.08. The topological polar surface area (TPSA) is 73.1 Å². The van der Waals surface area contributed by atoms with Crippen LogP contribution in [-0.2, 0) is 6.42 Å². The van der Waals surface area contributed by atoms with Crippen molar-refractivity contribution in [2.75, 3.05) is 12.4 Å². The lowest BCUT2D eigenvalue weighted by Gasteiger charge is -2.20. The van der Waals surface area contributed by atoms with Gasteiger partial charge in [-0.25, -0.2) is 9.97 Å². The highest BCUT2D eigenvalue weighted by molar-refractivity contribution is 6.40. The molecule has 0 amide bonds. The van der Waals surface area contributed by atoms with Crippen LogP contribution in [0, 0.1) is 11.8 Å². The van der Waals surface area contributed by atoms with Crippen LogP contribution < -0.4 is 15.8 Å². The van der Waals surface area contributed by atoms with Crippen LogP contribution in [0.25, 0.3) is 22.0 Å². The van der Waals surface area contributed by atoms with Crippen LogP contribution in [0.4, 0.5) is 5.95 Å². The number of hydrogen-bond acceptors (Lipinski definition) is 5. The summed E-state index contributed by atoms with van der Waals surface area (Å²) in [6.45, 7) is 2.06. The van der Waals surface area contributed by atoms with Crippen molar-refractivity contribution in [2.24, 2.45) is 17.6 Å². The van der Waals surface area contributed by atoms with Gasteiger partial charge in [-0.05, 0) is 60.4 Å². The smallest absolute Gasteiger partial charge is 0.223 e. The van der Waals surface area contributed by atoms with Gasteiger partial charge in [0.2, 0.25) is 5.95 Å². The van der Waals surface area contributed by atoms with Gasteiger partial charge in [-0.2, -0.15) is 0 Å². The van der Waals surface area contributed by atoms with Crippen LogP contribution in [-0.4, -0.2) is 29.2 Å². The number of hydrogen-bond donors (Lipinski definition) is 2. The minimum absolute atomic E-state index is 0.181. The molecule has 2 aliphatic carbocycles. The van der Waals surface area contributed by atoms with Crippen LogP contribution in [0.1, 0.15) is 25.3 Å². The van der Waals surface area contributed by atoms with Gasteiger partial charge in [-0.3, -0.25) is 0 Å². The monoisotopic (exact) mass is 442 g/mol. The summed E-state index contributed by atoms with van der Waals surface area (Å²) >= 11 is 13.3. The fourth-order valence-electron chi connectivity index (χ4n) is 4.74. The average molecular weight is 443 g/mol. The number of aryl methyl sites for hydroxylation is 1. The van der Waals surface area contributed by atoms with Crippen molar-refractivity contribution in [3.05, 3.63) is 46.1 Å². The molecule has 1 heterocycles. The quantitative estimate of drug-likeness (QED) is 0.558. The third-order valence-electron chi connectivity index (χ3n) is 6.48. The average Bonchev–Trinajstić information content (AvgIpc) is 3.44. The molecule has 0 aliphatic heterocycles. The van der Waals surface area contributed by atoms with Gasteiger partial charge >= 0.3 is 0 Å². The number of ether oxygens (including phenoxy) is 1. The van der Waals surface area contributed by atoms with Crippen molar-refractivity contribution in [3.63, 3.8) is 0 Å². The molecule has 5 nitrogen and oxygen atoms in total. The van der Waals surface area contributed by atoms with Gasteiger partial charge in [0.05, 0.1) is 22.7 Å². The molecule has 156 valence electrons. The summed E-state index contributed by atoms with van der Waals surface area (Å²) in [7, 11) is 1.61. The number of nitrogens with zero attached hydrogens (tertiary/aromatic N) is 2. The van der Waals surface area contributed by atoms with E-state index in [0.29, 0.717) is 27.7 Å². The summed E-state index contributed by atoms with van der Waals surface area (Å²) in [5.74, 6) is 2.71. The third-order valence-corrected chi connectivity index (χ3v) is 7.29. The number of halogens is 2. The molecule has 3 aromatic rings. The molecule has 2 saturated carbocycles. The number of rotatable bonds is 5. The van der Waals surface area contributed by atoms with E-state index in [0.717, 1.165) is 46.4 Å². The minimum Gasteiger partial charge on any atom is -0.495 e. The lowest BCUT2D eigenvalue weighted by atomic mass is 9.99. The van der Waals surface area contributed by atoms with E-state index in [1.807, 2.05) is 30.5 Å². The van der Waals surface area contributed by atoms with Gasteiger partial charge in [-0.1, -0.05) is 36.2 Å². The second-order valence-electron chi connectivity index (χ2n) is 8.29. The molecule has 2 aromatic carbocycles. The number of nitrogens with one attached hydrogen (secondary N) is 1. The molecule has 4 atom stereocenters. The van der Waals surface area contributed by atoms with Gasteiger partial charge in [0.1, 0.15) is 5.75 Å². The fourth-order valence-corrected chi connectivity index (χ4v) is 5.52. The van der Waals surface area contributed by atoms with E-state index >= 15 is 0 Å². The maximum absolute atomic E-state index is 6.69. The first kappa shape index (κ1) is 19.9. The van der Waals surface area contributed by atoms with Crippen molar-refractivity contribution in [1.82, 2.24) is 9.97 Å². The number of benzene rings is 2. The van der Waals surface area contributed by atoms with E-state index in [9.17, 15) is 0 Å². The molecule has 0 spiro atoms. The van der Waals surface area contributed by atoms with E-state index in [-0.39, 0.29) is 12.1 Å². The SMILES string of the molecule is CCc1cc(OC)c(Cl)c(-c2ccc3nc(NC4C(N)CC5CC54)ncc3c2)c1Cl. The Bertz CT molecular complexity index is 1110. The first-order valence-electron chi connectivity index (χ1n) is 10.3. The zero-order valence-corrected chi connectivity index (χ0v) is 18.5. The standard InChI is InChI=1S/C23H24Cl2N4O/c1-3-11-9-18(30-2)21(25)19(20(11)24)12-4-5-17-14(6-12)10-27-23(28-17)29-22-15-7-13(15)8-16(22)26/h4-6,9-10,13,15-16,22H,3,7-8,26H2,1-2H3,(H,27,28,29). The highest BCUT2D eigenvalue weighted by Gasteiger charge is 2.52. The Labute approximate surface area is 185 Å². The Kier molecular flexibility index (Phi) is 5.00. The van der Waals surface area contributed by atoms with E-state index in [1.165, 1.54) is 6.42 Å². The predicted molar refractivity (Wildman–Crippen MR) is 123 cm³/mol. The van der Waals surface area contributed by atoms with Crippen molar-refractivity contribution >= 4 is 40.1 Å². The van der Waals surface area contributed by atoms with Crippen LogP contribution in [0.15, 0.2) is 30.5 Å². The summed E-state index contributed by atoms with van der Waals surface area (Å²) in [6, 6.07) is 8.33. The maximum atomic E-state index is 6.69. The second-order valence-corrected chi connectivity index (χ2v) is 9.05. The first-order chi connectivity index (χ1) is 14.5. The summed E-state index contributed by atoms with van der Waals surface area (Å²) < 4.78 is 5.46. The van der Waals surface area contributed by atoms with Gasteiger partial charge in [0.25, 0.3) is 0 Å². The van der Waals surface area contributed by atoms with Gasteiger partial charge < -0.3 is 15.8 Å². The van der Waals surface area contributed by atoms with Gasteiger partial charge in [0, 0.05) is 29.2 Å². The van der Waals surface area contributed by atoms with E-state index in [2.05, 4.69) is 17.2 Å². The Morgan fingerprint density at radius 2 is 2.03 bits per heavy atom. The maximum Gasteiger partial charge on any atom is 0.223 e. The van der Waals surface area contributed by atoms with Crippen LogP contribution in [0.3, 0.4) is 0 Å². The number of nitrogens with two attached hydrogens (primary N) is 1. The summed E-state index contributed by atoms with van der Waals surface area (Å²) in [6.07, 6.45) is 4.99. The third kappa shape index (κ3) is 3.29. The van der Waals surface area contributed by atoms with Crippen molar-refractivity contribution in [1.29, 1.82) is 0 Å². The zero-order valence-electron chi connectivity index (χ0n) is 17.0. The lowest BCUT2D eigenvalue weighted by Crippen LogP contribution is -2.38. The highest BCUT2D eigenvalue weighted by atomic mass is 35.5. The summed E-state index contributed by atoms with van der Waals surface area (Å²) in [5.41, 5.74) is 9.81. The molecule has 0 bridgehead atoms. The molecule has 4 unspecified atom stereocenters. The molecule has 2 fully saturated rings. The molecule has 7 heteroatoms. The van der Waals surface area contributed by atoms with E-state index in [4.69, 9.17) is 38.7 Å². The van der Waals surface area contributed by atoms with E-state index in [1.54, 1.807) is 7.11 Å². The lowest BCUT2D eigenvalue weighted by molar-refractivity contribution is 0.414. The van der Waals surface area contributed by atoms with Gasteiger partial charge in [0.15, 0.2) is 0 Å². The van der Waals surface area contributed by atoms with Crippen LogP contribution in [0.2, 0.25) is 10.0 Å². The van der Waals surface area contributed by atoms with Crippen LogP contribution >= 0.6 is 23.2 Å². The predicted octanol–water partition coefficient (Wildman–Crippen LogP) is 5.32. The van der Waals surface area contributed by atoms with Crippen molar-refractivity contribution < 1.29 is 4.74 Å².